The predicted molar refractivity (Wildman–Crippen MR) is 77.8 cm³/mol. The Bertz CT molecular complexity index is 643. The molecule has 92 valence electrons. The number of hydrogen-bond donors (Lipinski definition) is 1. The number of nitrogens with zero attached hydrogens (tertiary/aromatic N) is 1. The standard InChI is InChI=1S/C14H13BrN2S/c15-9-2-3-10-8(6-9)7-11-12(10)17-13(18-11)14(16)4-1-5-14/h2-3,6H,1,4-5,7,16H2. The van der Waals surface area contributed by atoms with Crippen LogP contribution in [0, 0.1) is 0 Å². The Kier molecular flexibility index (Phi) is 2.26. The largest absolute Gasteiger partial charge is 0.319 e. The molecule has 1 aromatic carbocycles. The van der Waals surface area contributed by atoms with Crippen molar-refractivity contribution < 1.29 is 0 Å². The number of aromatic nitrogens is 1. The van der Waals surface area contributed by atoms with E-state index in [9.17, 15) is 0 Å². The summed E-state index contributed by atoms with van der Waals surface area (Å²) in [4.78, 5) is 6.22. The average Bonchev–Trinajstić information content (AvgIpc) is 2.82. The van der Waals surface area contributed by atoms with Crippen LogP contribution in [0.3, 0.4) is 0 Å². The average molecular weight is 321 g/mol. The molecule has 1 saturated carbocycles. The lowest BCUT2D eigenvalue weighted by Gasteiger charge is -2.35. The molecule has 18 heavy (non-hydrogen) atoms. The van der Waals surface area contributed by atoms with Crippen molar-refractivity contribution in [3.8, 4) is 11.3 Å². The monoisotopic (exact) mass is 320 g/mol. The van der Waals surface area contributed by atoms with Crippen LogP contribution in [0.5, 0.6) is 0 Å². The summed E-state index contributed by atoms with van der Waals surface area (Å²) in [6.45, 7) is 0. The number of thiazole rings is 1. The summed E-state index contributed by atoms with van der Waals surface area (Å²) in [6.07, 6.45) is 4.43. The van der Waals surface area contributed by atoms with E-state index in [0.29, 0.717) is 0 Å². The Labute approximate surface area is 118 Å². The molecule has 2 nitrogen and oxygen atoms in total. The van der Waals surface area contributed by atoms with Crippen molar-refractivity contribution in [1.82, 2.24) is 4.98 Å². The molecule has 0 amide bonds. The smallest absolute Gasteiger partial charge is 0.113 e. The molecule has 2 aliphatic carbocycles. The summed E-state index contributed by atoms with van der Waals surface area (Å²) >= 11 is 5.34. The molecular weight excluding hydrogens is 308 g/mol. The highest BCUT2D eigenvalue weighted by Crippen LogP contribution is 2.46. The van der Waals surface area contributed by atoms with Crippen LogP contribution in [0.25, 0.3) is 11.3 Å². The van der Waals surface area contributed by atoms with Gasteiger partial charge >= 0.3 is 0 Å². The van der Waals surface area contributed by atoms with Gasteiger partial charge in [0.05, 0.1) is 11.2 Å². The number of fused-ring (bicyclic) bond motifs is 3. The van der Waals surface area contributed by atoms with E-state index in [1.54, 1.807) is 0 Å². The summed E-state index contributed by atoms with van der Waals surface area (Å²) in [6, 6.07) is 6.46. The first kappa shape index (κ1) is 11.1. The Morgan fingerprint density at radius 3 is 2.89 bits per heavy atom. The highest BCUT2D eigenvalue weighted by molar-refractivity contribution is 9.10. The first-order valence-corrected chi connectivity index (χ1v) is 7.84. The van der Waals surface area contributed by atoms with Crippen LogP contribution < -0.4 is 5.73 Å². The predicted octanol–water partition coefficient (Wildman–Crippen LogP) is 3.81. The van der Waals surface area contributed by atoms with Gasteiger partial charge in [0.1, 0.15) is 5.01 Å². The number of nitrogens with two attached hydrogens (primary N) is 1. The second kappa shape index (κ2) is 3.65. The van der Waals surface area contributed by atoms with Gasteiger partial charge in [-0.25, -0.2) is 4.98 Å². The highest BCUT2D eigenvalue weighted by Gasteiger charge is 2.39. The van der Waals surface area contributed by atoms with Crippen LogP contribution in [0.2, 0.25) is 0 Å². The maximum absolute atomic E-state index is 6.37. The molecule has 4 heteroatoms. The molecule has 0 saturated heterocycles. The Balaban J connectivity index is 1.81. The van der Waals surface area contributed by atoms with E-state index in [4.69, 9.17) is 10.7 Å². The molecule has 2 N–H and O–H groups in total. The van der Waals surface area contributed by atoms with Gasteiger partial charge in [-0.2, -0.15) is 0 Å². The third-order valence-electron chi connectivity index (χ3n) is 4.04. The van der Waals surface area contributed by atoms with E-state index in [1.165, 1.54) is 28.1 Å². The van der Waals surface area contributed by atoms with Gasteiger partial charge in [-0.05, 0) is 37.0 Å². The molecule has 0 unspecified atom stereocenters. The lowest BCUT2D eigenvalue weighted by molar-refractivity contribution is 0.253. The molecule has 2 aliphatic rings. The molecule has 1 heterocycles. The van der Waals surface area contributed by atoms with Crippen LogP contribution in [0.15, 0.2) is 22.7 Å². The van der Waals surface area contributed by atoms with Gasteiger partial charge in [-0.15, -0.1) is 11.3 Å². The second-order valence-corrected chi connectivity index (χ2v) is 7.28. The van der Waals surface area contributed by atoms with E-state index in [0.717, 1.165) is 28.7 Å². The van der Waals surface area contributed by atoms with Gasteiger partial charge in [0.2, 0.25) is 0 Å². The third-order valence-corrected chi connectivity index (χ3v) is 5.81. The van der Waals surface area contributed by atoms with Crippen LogP contribution in [0.4, 0.5) is 0 Å². The summed E-state index contributed by atoms with van der Waals surface area (Å²) in [5.41, 5.74) is 10.1. The summed E-state index contributed by atoms with van der Waals surface area (Å²) in [5.74, 6) is 0. The molecule has 1 fully saturated rings. The fourth-order valence-electron chi connectivity index (χ4n) is 2.78. The molecule has 1 aromatic heterocycles. The van der Waals surface area contributed by atoms with E-state index in [2.05, 4.69) is 34.1 Å². The van der Waals surface area contributed by atoms with E-state index in [1.807, 2.05) is 11.3 Å². The first-order valence-electron chi connectivity index (χ1n) is 6.24. The number of benzene rings is 1. The van der Waals surface area contributed by atoms with Crippen molar-refractivity contribution in [1.29, 1.82) is 0 Å². The van der Waals surface area contributed by atoms with E-state index < -0.39 is 0 Å². The minimum Gasteiger partial charge on any atom is -0.319 e. The molecule has 0 aliphatic heterocycles. The number of rotatable bonds is 1. The number of hydrogen-bond acceptors (Lipinski definition) is 3. The summed E-state index contributed by atoms with van der Waals surface area (Å²) < 4.78 is 1.14. The van der Waals surface area contributed by atoms with Crippen molar-refractivity contribution in [3.63, 3.8) is 0 Å². The molecule has 0 spiro atoms. The van der Waals surface area contributed by atoms with Crippen molar-refractivity contribution >= 4 is 27.3 Å². The van der Waals surface area contributed by atoms with E-state index >= 15 is 0 Å². The SMILES string of the molecule is NC1(c2nc3c(s2)Cc2cc(Br)ccc2-3)CCC1. The van der Waals surface area contributed by atoms with Crippen molar-refractivity contribution in [3.05, 3.63) is 38.1 Å². The fraction of sp³-hybridized carbons (Fsp3) is 0.357. The number of halogens is 1. The van der Waals surface area contributed by atoms with Crippen LogP contribution in [-0.2, 0) is 12.0 Å². The third kappa shape index (κ3) is 1.46. The van der Waals surface area contributed by atoms with Crippen molar-refractivity contribution in [2.75, 3.05) is 0 Å². The fourth-order valence-corrected chi connectivity index (χ4v) is 4.45. The molecule has 2 aromatic rings. The van der Waals surface area contributed by atoms with Crippen LogP contribution >= 0.6 is 27.3 Å². The lowest BCUT2D eigenvalue weighted by atomic mass is 9.78. The Morgan fingerprint density at radius 1 is 1.33 bits per heavy atom. The molecule has 0 atom stereocenters. The Morgan fingerprint density at radius 2 is 2.17 bits per heavy atom. The van der Waals surface area contributed by atoms with Crippen LogP contribution in [-0.4, -0.2) is 4.98 Å². The quantitative estimate of drug-likeness (QED) is 0.740. The van der Waals surface area contributed by atoms with Crippen molar-refractivity contribution in [2.24, 2.45) is 5.73 Å². The topological polar surface area (TPSA) is 38.9 Å². The van der Waals surface area contributed by atoms with Crippen LogP contribution in [0.1, 0.15) is 34.7 Å². The first-order chi connectivity index (χ1) is 8.66. The molecule has 0 bridgehead atoms. The van der Waals surface area contributed by atoms with Gasteiger partial charge < -0.3 is 5.73 Å². The zero-order valence-electron chi connectivity index (χ0n) is 9.87. The lowest BCUT2D eigenvalue weighted by Crippen LogP contribution is -2.43. The summed E-state index contributed by atoms with van der Waals surface area (Å²) in [7, 11) is 0. The van der Waals surface area contributed by atoms with Gasteiger partial charge in [0, 0.05) is 21.3 Å². The molecule has 4 rings (SSSR count). The normalized spacial score (nSPS) is 19.2. The van der Waals surface area contributed by atoms with Gasteiger partial charge in [-0.1, -0.05) is 22.0 Å². The maximum Gasteiger partial charge on any atom is 0.113 e. The molecule has 0 radical (unpaired) electrons. The minimum atomic E-state index is -0.121. The van der Waals surface area contributed by atoms with E-state index in [-0.39, 0.29) is 5.54 Å². The van der Waals surface area contributed by atoms with Crippen molar-refractivity contribution in [2.45, 2.75) is 31.2 Å². The second-order valence-electron chi connectivity index (χ2n) is 5.28. The zero-order valence-corrected chi connectivity index (χ0v) is 12.3. The summed E-state index contributed by atoms with van der Waals surface area (Å²) in [5, 5.41) is 1.15. The van der Waals surface area contributed by atoms with Gasteiger partial charge in [0.25, 0.3) is 0 Å². The molecular formula is C14H13BrN2S. The zero-order chi connectivity index (χ0) is 12.3. The Hall–Kier alpha value is -0.710. The minimum absolute atomic E-state index is 0.121. The highest BCUT2D eigenvalue weighted by atomic mass is 79.9. The van der Waals surface area contributed by atoms with Gasteiger partial charge in [-0.3, -0.25) is 0 Å². The van der Waals surface area contributed by atoms with Gasteiger partial charge in [0.15, 0.2) is 0 Å². The maximum atomic E-state index is 6.37.